The van der Waals surface area contributed by atoms with E-state index in [4.69, 9.17) is 11.6 Å². The number of hydrogen-bond acceptors (Lipinski definition) is 2. The highest BCUT2D eigenvalue weighted by Gasteiger charge is 2.02. The largest absolute Gasteiger partial charge is 0.379 e. The Bertz CT molecular complexity index is 741. The number of rotatable bonds is 3. The summed E-state index contributed by atoms with van der Waals surface area (Å²) >= 11 is 9.33. The van der Waals surface area contributed by atoms with Crippen molar-refractivity contribution in [1.29, 1.82) is 0 Å². The van der Waals surface area contributed by atoms with Crippen molar-refractivity contribution >= 4 is 44.1 Å². The number of para-hydroxylation sites is 1. The number of benzene rings is 2. The lowest BCUT2D eigenvalue weighted by Crippen LogP contribution is -2.00. The van der Waals surface area contributed by atoms with Gasteiger partial charge in [-0.3, -0.25) is 4.98 Å². The predicted octanol–water partition coefficient (Wildman–Crippen LogP) is 5.26. The number of hydrogen-bond donors (Lipinski definition) is 1. The molecule has 0 aliphatic rings. The average Bonchev–Trinajstić information content (AvgIpc) is 2.46. The summed E-state index contributed by atoms with van der Waals surface area (Å²) in [6, 6.07) is 16.0. The van der Waals surface area contributed by atoms with Gasteiger partial charge in [0.1, 0.15) is 0 Å². The molecule has 1 heterocycles. The van der Waals surface area contributed by atoms with Crippen LogP contribution in [0.2, 0.25) is 5.02 Å². The van der Waals surface area contributed by atoms with Crippen LogP contribution in [-0.2, 0) is 6.54 Å². The minimum Gasteiger partial charge on any atom is -0.379 e. The van der Waals surface area contributed by atoms with Gasteiger partial charge in [-0.15, -0.1) is 0 Å². The normalized spacial score (nSPS) is 10.7. The summed E-state index contributed by atoms with van der Waals surface area (Å²) in [6.07, 6.45) is 1.82. The molecule has 20 heavy (non-hydrogen) atoms. The number of nitrogens with zero attached hydrogens (tertiary/aromatic N) is 1. The molecule has 0 radical (unpaired) electrons. The van der Waals surface area contributed by atoms with E-state index in [1.807, 2.05) is 42.6 Å². The van der Waals surface area contributed by atoms with Crippen LogP contribution in [0.3, 0.4) is 0 Å². The van der Waals surface area contributed by atoms with E-state index in [9.17, 15) is 0 Å². The minimum absolute atomic E-state index is 0.744. The standard InChI is InChI=1S/C16H12BrClN2/c17-13-8-12-2-1-3-15(16(12)20-10-13)19-9-11-4-6-14(18)7-5-11/h1-8,10,19H,9H2. The summed E-state index contributed by atoms with van der Waals surface area (Å²) in [6.45, 7) is 0.744. The summed E-state index contributed by atoms with van der Waals surface area (Å²) < 4.78 is 0.986. The highest BCUT2D eigenvalue weighted by Crippen LogP contribution is 2.24. The van der Waals surface area contributed by atoms with E-state index in [2.05, 4.69) is 38.4 Å². The first-order chi connectivity index (χ1) is 9.72. The summed E-state index contributed by atoms with van der Waals surface area (Å²) in [5, 5.41) is 5.29. The van der Waals surface area contributed by atoms with E-state index in [-0.39, 0.29) is 0 Å². The van der Waals surface area contributed by atoms with Gasteiger partial charge in [-0.1, -0.05) is 35.9 Å². The zero-order valence-corrected chi connectivity index (χ0v) is 12.9. The van der Waals surface area contributed by atoms with E-state index in [1.165, 1.54) is 5.56 Å². The Morgan fingerprint density at radius 1 is 1.10 bits per heavy atom. The highest BCUT2D eigenvalue weighted by molar-refractivity contribution is 9.10. The van der Waals surface area contributed by atoms with Gasteiger partial charge in [-0.2, -0.15) is 0 Å². The van der Waals surface area contributed by atoms with Crippen LogP contribution in [0.5, 0.6) is 0 Å². The van der Waals surface area contributed by atoms with Crippen molar-refractivity contribution < 1.29 is 0 Å². The number of halogens is 2. The molecule has 0 saturated heterocycles. The van der Waals surface area contributed by atoms with Crippen molar-refractivity contribution in [3.05, 3.63) is 69.8 Å². The van der Waals surface area contributed by atoms with Gasteiger partial charge in [0.25, 0.3) is 0 Å². The Hall–Kier alpha value is -1.58. The number of nitrogens with one attached hydrogen (secondary N) is 1. The quantitative estimate of drug-likeness (QED) is 0.699. The first kappa shape index (κ1) is 13.4. The van der Waals surface area contributed by atoms with Crippen LogP contribution < -0.4 is 5.32 Å². The number of fused-ring (bicyclic) bond motifs is 1. The number of aromatic nitrogens is 1. The molecule has 0 unspecified atom stereocenters. The molecule has 4 heteroatoms. The summed E-state index contributed by atoms with van der Waals surface area (Å²) in [5.41, 5.74) is 3.19. The molecule has 1 N–H and O–H groups in total. The first-order valence-corrected chi connectivity index (χ1v) is 7.42. The van der Waals surface area contributed by atoms with Crippen LogP contribution >= 0.6 is 27.5 Å². The van der Waals surface area contributed by atoms with E-state index < -0.39 is 0 Å². The van der Waals surface area contributed by atoms with Crippen LogP contribution in [0.1, 0.15) is 5.56 Å². The second-order valence-corrected chi connectivity index (χ2v) is 5.86. The van der Waals surface area contributed by atoms with Crippen LogP contribution in [0.15, 0.2) is 59.2 Å². The number of pyridine rings is 1. The molecule has 0 atom stereocenters. The monoisotopic (exact) mass is 346 g/mol. The third-order valence-corrected chi connectivity index (χ3v) is 3.76. The molecule has 0 amide bonds. The second-order valence-electron chi connectivity index (χ2n) is 4.51. The Morgan fingerprint density at radius 3 is 2.70 bits per heavy atom. The van der Waals surface area contributed by atoms with Gasteiger partial charge in [0, 0.05) is 27.6 Å². The molecule has 2 aromatic carbocycles. The van der Waals surface area contributed by atoms with Gasteiger partial charge in [0.15, 0.2) is 0 Å². The average molecular weight is 348 g/mol. The molecule has 3 aromatic rings. The third-order valence-electron chi connectivity index (χ3n) is 3.07. The summed E-state index contributed by atoms with van der Waals surface area (Å²) in [4.78, 5) is 4.48. The molecule has 100 valence electrons. The first-order valence-electron chi connectivity index (χ1n) is 6.25. The van der Waals surface area contributed by atoms with E-state index >= 15 is 0 Å². The Kier molecular flexibility index (Phi) is 3.90. The van der Waals surface area contributed by atoms with Crippen molar-refractivity contribution in [2.24, 2.45) is 0 Å². The fourth-order valence-electron chi connectivity index (χ4n) is 2.08. The lowest BCUT2D eigenvalue weighted by Gasteiger charge is -2.09. The maximum absolute atomic E-state index is 5.89. The molecule has 3 rings (SSSR count). The SMILES string of the molecule is Clc1ccc(CNc2cccc3cc(Br)cnc23)cc1. The molecule has 0 spiro atoms. The third kappa shape index (κ3) is 2.94. The van der Waals surface area contributed by atoms with Crippen molar-refractivity contribution in [3.63, 3.8) is 0 Å². The van der Waals surface area contributed by atoms with Gasteiger partial charge in [-0.25, -0.2) is 0 Å². The van der Waals surface area contributed by atoms with Gasteiger partial charge >= 0.3 is 0 Å². The van der Waals surface area contributed by atoms with Crippen molar-refractivity contribution in [3.8, 4) is 0 Å². The van der Waals surface area contributed by atoms with Crippen LogP contribution in [0.25, 0.3) is 10.9 Å². The van der Waals surface area contributed by atoms with E-state index in [0.29, 0.717) is 0 Å². The molecule has 0 aliphatic heterocycles. The molecule has 0 aliphatic carbocycles. The Morgan fingerprint density at radius 2 is 1.90 bits per heavy atom. The van der Waals surface area contributed by atoms with Crippen molar-refractivity contribution in [2.45, 2.75) is 6.54 Å². The van der Waals surface area contributed by atoms with Gasteiger partial charge in [-0.05, 0) is 45.8 Å². The Balaban J connectivity index is 1.85. The Labute approximate surface area is 130 Å². The fourth-order valence-corrected chi connectivity index (χ4v) is 2.55. The maximum atomic E-state index is 5.89. The van der Waals surface area contributed by atoms with Gasteiger partial charge in [0.2, 0.25) is 0 Å². The lowest BCUT2D eigenvalue weighted by molar-refractivity contribution is 1.15. The molecule has 0 saturated carbocycles. The van der Waals surface area contributed by atoms with Gasteiger partial charge < -0.3 is 5.32 Å². The zero-order chi connectivity index (χ0) is 13.9. The minimum atomic E-state index is 0.744. The molecule has 1 aromatic heterocycles. The second kappa shape index (κ2) is 5.81. The molecular formula is C16H12BrClN2. The summed E-state index contributed by atoms with van der Waals surface area (Å²) in [7, 11) is 0. The zero-order valence-electron chi connectivity index (χ0n) is 10.6. The van der Waals surface area contributed by atoms with E-state index in [0.717, 1.165) is 32.6 Å². The fraction of sp³-hybridized carbons (Fsp3) is 0.0625. The van der Waals surface area contributed by atoms with Crippen LogP contribution in [0.4, 0.5) is 5.69 Å². The molecule has 2 nitrogen and oxygen atoms in total. The van der Waals surface area contributed by atoms with E-state index in [1.54, 1.807) is 0 Å². The van der Waals surface area contributed by atoms with Gasteiger partial charge in [0.05, 0.1) is 11.2 Å². The smallest absolute Gasteiger partial charge is 0.0934 e. The van der Waals surface area contributed by atoms with Crippen molar-refractivity contribution in [1.82, 2.24) is 4.98 Å². The molecule has 0 bridgehead atoms. The van der Waals surface area contributed by atoms with Crippen LogP contribution in [-0.4, -0.2) is 4.98 Å². The predicted molar refractivity (Wildman–Crippen MR) is 88.2 cm³/mol. The molecule has 0 fully saturated rings. The summed E-state index contributed by atoms with van der Waals surface area (Å²) in [5.74, 6) is 0. The topological polar surface area (TPSA) is 24.9 Å². The van der Waals surface area contributed by atoms with Crippen LogP contribution in [0, 0.1) is 0 Å². The molecular weight excluding hydrogens is 336 g/mol. The van der Waals surface area contributed by atoms with Crippen molar-refractivity contribution in [2.75, 3.05) is 5.32 Å². The highest BCUT2D eigenvalue weighted by atomic mass is 79.9. The number of anilines is 1. The maximum Gasteiger partial charge on any atom is 0.0934 e. The lowest BCUT2D eigenvalue weighted by atomic mass is 10.1.